The largest absolute Gasteiger partial charge is 1.00 e. The third kappa shape index (κ3) is 4.63. The molecule has 0 radical (unpaired) electrons. The van der Waals surface area contributed by atoms with Gasteiger partial charge in [0.1, 0.15) is 0 Å². The van der Waals surface area contributed by atoms with Gasteiger partial charge >= 0.3 is 144 Å². The smallest absolute Gasteiger partial charge is 1.00 e. The van der Waals surface area contributed by atoms with E-state index in [1.807, 2.05) is 0 Å². The Labute approximate surface area is 168 Å². The average Bonchev–Trinajstić information content (AvgIpc) is 2.77. The van der Waals surface area contributed by atoms with Gasteiger partial charge in [-0.1, -0.05) is 0 Å². The van der Waals surface area contributed by atoms with Crippen LogP contribution in [0.15, 0.2) is 45.0 Å². The van der Waals surface area contributed by atoms with Crippen LogP contribution in [0.3, 0.4) is 0 Å². The molecule has 0 aromatic rings. The van der Waals surface area contributed by atoms with Crippen molar-refractivity contribution in [2.24, 2.45) is 0 Å². The molecule has 6 heteroatoms. The Kier molecular flexibility index (Phi) is 8.59. The van der Waals surface area contributed by atoms with Crippen LogP contribution in [0.5, 0.6) is 0 Å². The van der Waals surface area contributed by atoms with E-state index in [0.717, 1.165) is 12.8 Å². The van der Waals surface area contributed by atoms with E-state index in [0.29, 0.717) is 0 Å². The summed E-state index contributed by atoms with van der Waals surface area (Å²) < 4.78 is 8.47. The van der Waals surface area contributed by atoms with Crippen molar-refractivity contribution in [3.8, 4) is 0 Å². The summed E-state index contributed by atoms with van der Waals surface area (Å²) in [5, 5.41) is 1.53. The molecule has 0 heterocycles. The van der Waals surface area contributed by atoms with Gasteiger partial charge in [-0.3, -0.25) is 0 Å². The molecule has 0 saturated heterocycles. The second kappa shape index (κ2) is 8.35. The molecule has 0 fully saturated rings. The normalized spacial score (nSPS) is 24.3. The van der Waals surface area contributed by atoms with E-state index in [4.69, 9.17) is 4.43 Å². The second-order valence-corrected chi connectivity index (χ2v) is 17.6. The molecule has 1 atom stereocenters. The van der Waals surface area contributed by atoms with Gasteiger partial charge in [0, 0.05) is 0 Å². The van der Waals surface area contributed by atoms with E-state index in [9.17, 15) is 0 Å². The average molecular weight is 422 g/mol. The molecule has 0 aromatic heterocycles. The van der Waals surface area contributed by atoms with Gasteiger partial charge in [0.15, 0.2) is 0 Å². The minimum Gasteiger partial charge on any atom is -1.00 e. The van der Waals surface area contributed by atoms with Crippen LogP contribution >= 0.6 is 0 Å². The minimum absolute atomic E-state index is 0. The Morgan fingerprint density at radius 3 is 2.13 bits per heavy atom. The van der Waals surface area contributed by atoms with E-state index in [-0.39, 0.29) is 30.0 Å². The quantitative estimate of drug-likeness (QED) is 0.531. The topological polar surface area (TPSA) is 9.23 Å². The van der Waals surface area contributed by atoms with Crippen molar-refractivity contribution in [2.45, 2.75) is 57.7 Å². The molecule has 0 aliphatic heterocycles. The molecular formula is C17H27Cl2OSi2Ti. The predicted molar refractivity (Wildman–Crippen MR) is 92.9 cm³/mol. The Morgan fingerprint density at radius 2 is 1.70 bits per heavy atom. The monoisotopic (exact) mass is 421 g/mol. The first-order chi connectivity index (χ1) is 9.60. The Morgan fingerprint density at radius 1 is 1.09 bits per heavy atom. The molecule has 0 amide bonds. The first kappa shape index (κ1) is 23.6. The number of rotatable bonds is 4. The summed E-state index contributed by atoms with van der Waals surface area (Å²) in [5.74, 6) is 0. The Bertz CT molecular complexity index is 559. The number of hydrogen-bond donors (Lipinski definition) is 0. The predicted octanol–water partition coefficient (Wildman–Crippen LogP) is -0.961. The molecule has 2 aliphatic carbocycles. The first-order valence-electron chi connectivity index (χ1n) is 7.76. The van der Waals surface area contributed by atoms with Gasteiger partial charge in [-0.15, -0.1) is 0 Å². The molecule has 2 aliphatic rings. The summed E-state index contributed by atoms with van der Waals surface area (Å²) in [5.41, 5.74) is 1.42. The maximum atomic E-state index is 6.92. The van der Waals surface area contributed by atoms with Gasteiger partial charge in [0.25, 0.3) is 0 Å². The molecule has 127 valence electrons. The van der Waals surface area contributed by atoms with Crippen LogP contribution in [-0.4, -0.2) is 21.6 Å². The van der Waals surface area contributed by atoms with Crippen LogP contribution in [0.25, 0.3) is 0 Å². The number of halogens is 2. The minimum atomic E-state index is -1.77. The maximum absolute atomic E-state index is 6.92. The van der Waals surface area contributed by atoms with Crippen LogP contribution in [0.2, 0.25) is 32.7 Å². The molecule has 0 bridgehead atoms. The van der Waals surface area contributed by atoms with Gasteiger partial charge in [0.2, 0.25) is 0 Å². The standard InChI is InChI=1S/C17H27OSi2.2ClH.Ti/c1-15-11-9-10-14-17(15,18-19(2,3)4)20(5,6)16-12-7-8-13-16;;;/h7,9-12H,8,14H2,1-6H3;2*1H;/q;;;+2/p-2. The van der Waals surface area contributed by atoms with Crippen LogP contribution < -0.4 is 24.8 Å². The molecule has 23 heavy (non-hydrogen) atoms. The van der Waals surface area contributed by atoms with Gasteiger partial charge < -0.3 is 24.8 Å². The molecule has 2 rings (SSSR count). The van der Waals surface area contributed by atoms with E-state index >= 15 is 0 Å². The van der Waals surface area contributed by atoms with Crippen molar-refractivity contribution >= 4 is 16.4 Å². The van der Waals surface area contributed by atoms with Gasteiger partial charge in [0.05, 0.1) is 0 Å². The van der Waals surface area contributed by atoms with Crippen molar-refractivity contribution in [2.75, 3.05) is 0 Å². The molecule has 0 spiro atoms. The zero-order valence-electron chi connectivity index (χ0n) is 15.0. The number of hydrogen-bond acceptors (Lipinski definition) is 1. The van der Waals surface area contributed by atoms with E-state index < -0.39 is 16.4 Å². The zero-order chi connectivity index (χ0) is 15.9. The van der Waals surface area contributed by atoms with E-state index in [2.05, 4.69) is 90.5 Å². The summed E-state index contributed by atoms with van der Waals surface area (Å²) in [6.07, 6.45) is 13.6. The third-order valence-corrected chi connectivity index (χ3v) is 11.4. The van der Waals surface area contributed by atoms with Crippen LogP contribution in [-0.2, 0) is 24.9 Å². The molecule has 0 N–H and O–H groups in total. The van der Waals surface area contributed by atoms with E-state index in [1.54, 1.807) is 9.07 Å². The van der Waals surface area contributed by atoms with Gasteiger partial charge in [-0.05, 0) is 0 Å². The summed E-state index contributed by atoms with van der Waals surface area (Å²) in [7, 11) is -3.40. The summed E-state index contributed by atoms with van der Waals surface area (Å²) in [6.45, 7) is 14.2. The molecular weight excluding hydrogens is 395 g/mol. The molecule has 1 nitrogen and oxygen atoms in total. The van der Waals surface area contributed by atoms with Crippen LogP contribution in [0.1, 0.15) is 19.8 Å². The van der Waals surface area contributed by atoms with Crippen molar-refractivity contribution in [3.63, 3.8) is 0 Å². The van der Waals surface area contributed by atoms with Crippen LogP contribution in [0, 0.1) is 0 Å². The van der Waals surface area contributed by atoms with Crippen LogP contribution in [0.4, 0.5) is 0 Å². The summed E-state index contributed by atoms with van der Waals surface area (Å²) >= 11 is 2.30. The fourth-order valence-electron chi connectivity index (χ4n) is 3.57. The molecule has 0 saturated carbocycles. The summed E-state index contributed by atoms with van der Waals surface area (Å²) in [6, 6.07) is 0. The fourth-order valence-corrected chi connectivity index (χ4v) is 12.1. The summed E-state index contributed by atoms with van der Waals surface area (Å²) in [4.78, 5) is 0. The Hall–Kier alpha value is 0.648. The molecule has 0 aromatic carbocycles. The molecule has 1 unspecified atom stereocenters. The maximum Gasteiger partial charge on any atom is -1.00 e. The van der Waals surface area contributed by atoms with E-state index in [1.165, 1.54) is 5.57 Å². The van der Waals surface area contributed by atoms with Crippen molar-refractivity contribution in [1.82, 2.24) is 0 Å². The zero-order valence-corrected chi connectivity index (χ0v) is 20.0. The Balaban J connectivity index is 0.00000242. The van der Waals surface area contributed by atoms with Gasteiger partial charge in [-0.2, -0.15) is 0 Å². The van der Waals surface area contributed by atoms with Crippen molar-refractivity contribution in [1.29, 1.82) is 0 Å². The van der Waals surface area contributed by atoms with Crippen molar-refractivity contribution < 1.29 is 49.7 Å². The van der Waals surface area contributed by atoms with Crippen molar-refractivity contribution in [3.05, 3.63) is 45.0 Å². The van der Waals surface area contributed by atoms with Gasteiger partial charge in [-0.25, -0.2) is 0 Å². The SMILES string of the molecule is CC1=CC=CCC1(O[Si](C)(C)C)[Si](C)(C)C1=[C]([Ti+2])CC=C1.[Cl-].[Cl-]. The third-order valence-electron chi connectivity index (χ3n) is 4.62. The second-order valence-electron chi connectivity index (χ2n) is 7.65. The fraction of sp³-hybridized carbons (Fsp3) is 0.529. The first-order valence-corrected chi connectivity index (χ1v) is 14.9. The number of allylic oxidation sites excluding steroid dienone is 6.